The maximum absolute atomic E-state index is 12.5. The van der Waals surface area contributed by atoms with E-state index in [1.807, 2.05) is 4.90 Å². The zero-order valence-corrected chi connectivity index (χ0v) is 15.3. The fraction of sp³-hybridized carbons (Fsp3) is 0.368. The number of amides is 1. The van der Waals surface area contributed by atoms with Crippen molar-refractivity contribution in [3.63, 3.8) is 0 Å². The maximum Gasteiger partial charge on any atom is 0.232 e. The van der Waals surface area contributed by atoms with Crippen LogP contribution in [0.4, 0.5) is 0 Å². The SMILES string of the molecule is O=C(CSc1ncnc2nc[nH]c12)N1CCC(Cc2ccccc2)CC1. The van der Waals surface area contributed by atoms with Crippen molar-refractivity contribution in [1.29, 1.82) is 0 Å². The van der Waals surface area contributed by atoms with E-state index in [-0.39, 0.29) is 5.91 Å². The summed E-state index contributed by atoms with van der Waals surface area (Å²) in [6, 6.07) is 10.6. The Kier molecular flexibility index (Phi) is 5.15. The summed E-state index contributed by atoms with van der Waals surface area (Å²) in [5.41, 5.74) is 2.82. The number of nitrogens with zero attached hydrogens (tertiary/aromatic N) is 4. The quantitative estimate of drug-likeness (QED) is 0.554. The van der Waals surface area contributed by atoms with Gasteiger partial charge in [-0.1, -0.05) is 42.1 Å². The molecule has 1 amide bonds. The molecule has 1 aromatic carbocycles. The first-order valence-corrected chi connectivity index (χ1v) is 9.87. The van der Waals surface area contributed by atoms with Gasteiger partial charge >= 0.3 is 0 Å². The van der Waals surface area contributed by atoms with E-state index in [9.17, 15) is 4.79 Å². The van der Waals surface area contributed by atoms with Gasteiger partial charge in [-0.3, -0.25) is 4.79 Å². The molecule has 1 N–H and O–H groups in total. The van der Waals surface area contributed by atoms with Crippen molar-refractivity contribution in [2.24, 2.45) is 5.92 Å². The monoisotopic (exact) mass is 367 g/mol. The van der Waals surface area contributed by atoms with E-state index < -0.39 is 0 Å². The number of imidazole rings is 1. The highest BCUT2D eigenvalue weighted by molar-refractivity contribution is 8.00. The highest BCUT2D eigenvalue weighted by Gasteiger charge is 2.23. The number of H-pyrrole nitrogens is 1. The van der Waals surface area contributed by atoms with Crippen LogP contribution in [0, 0.1) is 5.92 Å². The van der Waals surface area contributed by atoms with Crippen molar-refractivity contribution in [3.8, 4) is 0 Å². The lowest BCUT2D eigenvalue weighted by molar-refractivity contribution is -0.129. The molecule has 0 atom stereocenters. The fourth-order valence-electron chi connectivity index (χ4n) is 3.41. The summed E-state index contributed by atoms with van der Waals surface area (Å²) in [6.45, 7) is 1.69. The van der Waals surface area contributed by atoms with E-state index in [4.69, 9.17) is 0 Å². The van der Waals surface area contributed by atoms with Crippen molar-refractivity contribution in [3.05, 3.63) is 48.5 Å². The van der Waals surface area contributed by atoms with Gasteiger partial charge in [0.2, 0.25) is 5.91 Å². The van der Waals surface area contributed by atoms with Crippen molar-refractivity contribution in [1.82, 2.24) is 24.8 Å². The number of rotatable bonds is 5. The van der Waals surface area contributed by atoms with Crippen LogP contribution in [0.5, 0.6) is 0 Å². The molecule has 0 unspecified atom stereocenters. The van der Waals surface area contributed by atoms with Gasteiger partial charge in [0.1, 0.15) is 16.9 Å². The molecule has 3 heterocycles. The van der Waals surface area contributed by atoms with Gasteiger partial charge in [-0.15, -0.1) is 0 Å². The zero-order chi connectivity index (χ0) is 17.8. The molecule has 26 heavy (non-hydrogen) atoms. The van der Waals surface area contributed by atoms with Gasteiger partial charge in [0, 0.05) is 13.1 Å². The Labute approximate surface area is 156 Å². The standard InChI is InChI=1S/C19H21N5OS/c25-16(11-26-19-17-18(21-12-20-17)22-13-23-19)24-8-6-15(7-9-24)10-14-4-2-1-3-5-14/h1-5,12-13,15H,6-11H2,(H,20,21,22,23). The van der Waals surface area contributed by atoms with Gasteiger partial charge in [0.25, 0.3) is 0 Å². The Hall–Kier alpha value is -2.41. The number of benzene rings is 1. The molecule has 4 rings (SSSR count). The van der Waals surface area contributed by atoms with Crippen LogP contribution in [0.1, 0.15) is 18.4 Å². The molecule has 0 saturated carbocycles. The smallest absolute Gasteiger partial charge is 0.232 e. The summed E-state index contributed by atoms with van der Waals surface area (Å²) in [5.74, 6) is 1.24. The van der Waals surface area contributed by atoms with Crippen LogP contribution in [0.15, 0.2) is 48.0 Å². The van der Waals surface area contributed by atoms with E-state index >= 15 is 0 Å². The molecular formula is C19H21N5OS. The van der Waals surface area contributed by atoms with E-state index in [1.54, 1.807) is 6.33 Å². The molecule has 7 heteroatoms. The average Bonchev–Trinajstić information content (AvgIpc) is 3.17. The number of aromatic amines is 1. The van der Waals surface area contributed by atoms with Crippen LogP contribution in [0.25, 0.3) is 11.2 Å². The largest absolute Gasteiger partial charge is 0.342 e. The molecule has 0 bridgehead atoms. The number of thioether (sulfide) groups is 1. The molecule has 134 valence electrons. The summed E-state index contributed by atoms with van der Waals surface area (Å²) in [5, 5.41) is 0.778. The number of carbonyl (C=O) groups excluding carboxylic acids is 1. The molecule has 6 nitrogen and oxygen atoms in total. The van der Waals surface area contributed by atoms with E-state index in [0.29, 0.717) is 17.3 Å². The molecule has 1 aliphatic heterocycles. The van der Waals surface area contributed by atoms with Crippen LogP contribution >= 0.6 is 11.8 Å². The van der Waals surface area contributed by atoms with Crippen molar-refractivity contribution >= 4 is 28.8 Å². The number of hydrogen-bond donors (Lipinski definition) is 1. The van der Waals surface area contributed by atoms with E-state index in [2.05, 4.69) is 50.3 Å². The number of piperidine rings is 1. The topological polar surface area (TPSA) is 74.8 Å². The van der Waals surface area contributed by atoms with Crippen LogP contribution in [0.2, 0.25) is 0 Å². The first-order valence-electron chi connectivity index (χ1n) is 8.88. The molecule has 2 aromatic heterocycles. The first-order chi connectivity index (χ1) is 12.8. The fourth-order valence-corrected chi connectivity index (χ4v) is 4.27. The summed E-state index contributed by atoms with van der Waals surface area (Å²) in [4.78, 5) is 30.1. The summed E-state index contributed by atoms with van der Waals surface area (Å²) >= 11 is 1.45. The lowest BCUT2D eigenvalue weighted by atomic mass is 9.90. The van der Waals surface area contributed by atoms with Crippen molar-refractivity contribution in [2.45, 2.75) is 24.3 Å². The predicted octanol–water partition coefficient (Wildman–Crippen LogP) is 2.93. The second-order valence-electron chi connectivity index (χ2n) is 6.58. The Morgan fingerprint density at radius 3 is 2.77 bits per heavy atom. The summed E-state index contributed by atoms with van der Waals surface area (Å²) in [6.07, 6.45) is 6.34. The van der Waals surface area contributed by atoms with Gasteiger partial charge in [0.05, 0.1) is 12.1 Å². The highest BCUT2D eigenvalue weighted by atomic mass is 32.2. The Morgan fingerprint density at radius 2 is 1.96 bits per heavy atom. The maximum atomic E-state index is 12.5. The van der Waals surface area contributed by atoms with Gasteiger partial charge < -0.3 is 9.88 Å². The number of hydrogen-bond acceptors (Lipinski definition) is 5. The molecule has 1 aliphatic rings. The highest BCUT2D eigenvalue weighted by Crippen LogP contribution is 2.25. The second kappa shape index (κ2) is 7.86. The van der Waals surface area contributed by atoms with E-state index in [0.717, 1.165) is 42.9 Å². The lowest BCUT2D eigenvalue weighted by Crippen LogP contribution is -2.39. The van der Waals surface area contributed by atoms with Gasteiger partial charge in [-0.25, -0.2) is 15.0 Å². The van der Waals surface area contributed by atoms with Gasteiger partial charge in [0.15, 0.2) is 5.65 Å². The minimum absolute atomic E-state index is 0.180. The molecule has 0 radical (unpaired) electrons. The molecule has 3 aromatic rings. The first kappa shape index (κ1) is 17.0. The lowest BCUT2D eigenvalue weighted by Gasteiger charge is -2.32. The van der Waals surface area contributed by atoms with Crippen LogP contribution < -0.4 is 0 Å². The third-order valence-electron chi connectivity index (χ3n) is 4.86. The van der Waals surface area contributed by atoms with Gasteiger partial charge in [-0.2, -0.15) is 0 Å². The minimum Gasteiger partial charge on any atom is -0.342 e. The Morgan fingerprint density at radius 1 is 1.15 bits per heavy atom. The van der Waals surface area contributed by atoms with E-state index in [1.165, 1.54) is 23.7 Å². The minimum atomic E-state index is 0.180. The van der Waals surface area contributed by atoms with Crippen molar-refractivity contribution in [2.75, 3.05) is 18.8 Å². The number of nitrogens with one attached hydrogen (secondary N) is 1. The molecule has 0 spiro atoms. The molecule has 0 aliphatic carbocycles. The Bertz CT molecular complexity index is 874. The number of aromatic nitrogens is 4. The summed E-state index contributed by atoms with van der Waals surface area (Å²) < 4.78 is 0. The normalized spacial score (nSPS) is 15.5. The van der Waals surface area contributed by atoms with Crippen LogP contribution in [-0.2, 0) is 11.2 Å². The molecular weight excluding hydrogens is 346 g/mol. The number of fused-ring (bicyclic) bond motifs is 1. The zero-order valence-electron chi connectivity index (χ0n) is 14.5. The second-order valence-corrected chi connectivity index (χ2v) is 7.55. The molecule has 1 saturated heterocycles. The third-order valence-corrected chi connectivity index (χ3v) is 5.83. The third kappa shape index (κ3) is 3.88. The average molecular weight is 367 g/mol. The molecule has 1 fully saturated rings. The van der Waals surface area contributed by atoms with Crippen LogP contribution in [-0.4, -0.2) is 49.6 Å². The predicted molar refractivity (Wildman–Crippen MR) is 102 cm³/mol. The number of likely N-dealkylation sites (tertiary alicyclic amines) is 1. The van der Waals surface area contributed by atoms with Gasteiger partial charge in [-0.05, 0) is 30.7 Å². The number of carbonyl (C=O) groups is 1. The van der Waals surface area contributed by atoms with Crippen LogP contribution in [0.3, 0.4) is 0 Å². The summed E-state index contributed by atoms with van der Waals surface area (Å²) in [7, 11) is 0. The van der Waals surface area contributed by atoms with Crippen molar-refractivity contribution < 1.29 is 4.79 Å². The Balaban J connectivity index is 1.28.